The molecule has 0 aliphatic rings. The molecule has 0 aliphatic heterocycles. The van der Waals surface area contributed by atoms with Gasteiger partial charge in [-0.15, -0.1) is 0 Å². The Balaban J connectivity index is 1.48. The number of carbonyl (C=O) groups is 1. The molecule has 3 rings (SSSR count). The summed E-state index contributed by atoms with van der Waals surface area (Å²) in [6.07, 6.45) is 0. The molecule has 0 aromatic heterocycles. The Kier molecular flexibility index (Phi) is 9.62. The van der Waals surface area contributed by atoms with Crippen molar-refractivity contribution in [2.24, 2.45) is 0 Å². The first-order chi connectivity index (χ1) is 17.1. The van der Waals surface area contributed by atoms with Gasteiger partial charge in [-0.05, 0) is 35.4 Å². The van der Waals surface area contributed by atoms with Crippen molar-refractivity contribution in [2.75, 3.05) is 41.5 Å². The largest absolute Gasteiger partial charge is 0.493 e. The topological polar surface area (TPSA) is 87.3 Å². The highest BCUT2D eigenvalue weighted by Crippen LogP contribution is 2.38. The monoisotopic (exact) mass is 480 g/mol. The molecule has 0 bridgehead atoms. The van der Waals surface area contributed by atoms with Crippen molar-refractivity contribution in [3.63, 3.8) is 0 Å². The number of benzene rings is 3. The average molecular weight is 481 g/mol. The Labute approximate surface area is 206 Å². The van der Waals surface area contributed by atoms with Gasteiger partial charge >= 0.3 is 0 Å². The van der Waals surface area contributed by atoms with Crippen molar-refractivity contribution in [3.8, 4) is 28.7 Å². The molecule has 2 N–H and O–H groups in total. The summed E-state index contributed by atoms with van der Waals surface area (Å²) in [5, 5.41) is 6.21. The van der Waals surface area contributed by atoms with E-state index < -0.39 is 0 Å². The van der Waals surface area contributed by atoms with E-state index >= 15 is 0 Å². The molecule has 0 heterocycles. The molecule has 0 fully saturated rings. The fraction of sp³-hybridized carbons (Fsp3) is 0.296. The summed E-state index contributed by atoms with van der Waals surface area (Å²) in [5.74, 6) is 2.45. The molecule has 0 saturated heterocycles. The van der Waals surface area contributed by atoms with Gasteiger partial charge < -0.3 is 34.3 Å². The van der Waals surface area contributed by atoms with E-state index in [4.69, 9.17) is 23.7 Å². The van der Waals surface area contributed by atoms with E-state index in [0.717, 1.165) is 11.1 Å². The minimum atomic E-state index is -0.229. The van der Waals surface area contributed by atoms with E-state index in [1.165, 1.54) is 21.3 Å². The predicted molar refractivity (Wildman–Crippen MR) is 134 cm³/mol. The van der Waals surface area contributed by atoms with E-state index in [0.29, 0.717) is 60.6 Å². The Morgan fingerprint density at radius 2 is 1.40 bits per heavy atom. The van der Waals surface area contributed by atoms with Crippen molar-refractivity contribution < 1.29 is 28.5 Å². The van der Waals surface area contributed by atoms with Gasteiger partial charge in [-0.2, -0.15) is 0 Å². The predicted octanol–water partition coefficient (Wildman–Crippen LogP) is 3.82. The third-order valence-electron chi connectivity index (χ3n) is 5.31. The van der Waals surface area contributed by atoms with Crippen molar-refractivity contribution in [3.05, 3.63) is 77.4 Å². The minimum Gasteiger partial charge on any atom is -0.493 e. The third-order valence-corrected chi connectivity index (χ3v) is 5.31. The standard InChI is InChI=1S/C27H32N2O6/c1-31-23-14-20(10-11-22(23)35-18-19-8-6-5-7-9-19)17-28-12-13-29-27(30)21-15-24(32-2)26(34-4)25(16-21)33-3/h5-11,14-16,28H,12-13,17-18H2,1-4H3,(H,29,30). The van der Waals surface area contributed by atoms with Crippen LogP contribution in [0.2, 0.25) is 0 Å². The van der Waals surface area contributed by atoms with Gasteiger partial charge in [-0.1, -0.05) is 36.4 Å². The molecule has 0 unspecified atom stereocenters. The first kappa shape index (κ1) is 25.7. The van der Waals surface area contributed by atoms with Crippen LogP contribution in [0.15, 0.2) is 60.7 Å². The van der Waals surface area contributed by atoms with Crippen molar-refractivity contribution >= 4 is 5.91 Å². The third kappa shape index (κ3) is 7.04. The van der Waals surface area contributed by atoms with Crippen LogP contribution in [0.25, 0.3) is 0 Å². The summed E-state index contributed by atoms with van der Waals surface area (Å²) < 4.78 is 27.3. The number of hydrogen-bond acceptors (Lipinski definition) is 7. The van der Waals surface area contributed by atoms with E-state index in [1.807, 2.05) is 48.5 Å². The first-order valence-electron chi connectivity index (χ1n) is 11.2. The van der Waals surface area contributed by atoms with Crippen LogP contribution in [0, 0.1) is 0 Å². The number of methoxy groups -OCH3 is 4. The maximum atomic E-state index is 12.6. The van der Waals surface area contributed by atoms with Crippen molar-refractivity contribution in [2.45, 2.75) is 13.2 Å². The van der Waals surface area contributed by atoms with Crippen molar-refractivity contribution in [1.82, 2.24) is 10.6 Å². The second kappa shape index (κ2) is 13.1. The molecule has 0 atom stereocenters. The lowest BCUT2D eigenvalue weighted by Gasteiger charge is -2.14. The summed E-state index contributed by atoms with van der Waals surface area (Å²) in [6.45, 7) is 2.13. The second-order valence-corrected chi connectivity index (χ2v) is 7.61. The summed E-state index contributed by atoms with van der Waals surface area (Å²) in [7, 11) is 6.17. The molecule has 0 spiro atoms. The summed E-state index contributed by atoms with van der Waals surface area (Å²) in [5.41, 5.74) is 2.56. The molecule has 1 amide bonds. The van der Waals surface area contributed by atoms with Gasteiger partial charge in [0.1, 0.15) is 6.61 Å². The van der Waals surface area contributed by atoms with Crippen LogP contribution < -0.4 is 34.3 Å². The highest BCUT2D eigenvalue weighted by atomic mass is 16.5. The van der Waals surface area contributed by atoms with Crippen LogP contribution in [0.4, 0.5) is 0 Å². The van der Waals surface area contributed by atoms with Gasteiger partial charge in [-0.25, -0.2) is 0 Å². The normalized spacial score (nSPS) is 10.4. The lowest BCUT2D eigenvalue weighted by atomic mass is 10.1. The molecule has 0 saturated carbocycles. The molecule has 0 radical (unpaired) electrons. The van der Waals surface area contributed by atoms with Crippen LogP contribution in [-0.2, 0) is 13.2 Å². The van der Waals surface area contributed by atoms with E-state index in [-0.39, 0.29) is 5.91 Å². The van der Waals surface area contributed by atoms with Crippen LogP contribution in [-0.4, -0.2) is 47.4 Å². The maximum absolute atomic E-state index is 12.6. The number of ether oxygens (including phenoxy) is 5. The molecule has 3 aromatic rings. The second-order valence-electron chi connectivity index (χ2n) is 7.61. The van der Waals surface area contributed by atoms with Gasteiger partial charge in [0.15, 0.2) is 23.0 Å². The van der Waals surface area contributed by atoms with Crippen LogP contribution in [0.3, 0.4) is 0 Å². The van der Waals surface area contributed by atoms with E-state index in [2.05, 4.69) is 10.6 Å². The smallest absolute Gasteiger partial charge is 0.251 e. The zero-order valence-electron chi connectivity index (χ0n) is 20.6. The molecular formula is C27H32N2O6. The molecule has 8 heteroatoms. The fourth-order valence-corrected chi connectivity index (χ4v) is 3.49. The van der Waals surface area contributed by atoms with Crippen LogP contribution in [0.1, 0.15) is 21.5 Å². The zero-order valence-corrected chi connectivity index (χ0v) is 20.6. The van der Waals surface area contributed by atoms with Gasteiger partial charge in [0.25, 0.3) is 5.91 Å². The first-order valence-corrected chi connectivity index (χ1v) is 11.2. The van der Waals surface area contributed by atoms with Gasteiger partial charge in [0, 0.05) is 25.2 Å². The number of hydrogen-bond donors (Lipinski definition) is 2. The molecular weight excluding hydrogens is 448 g/mol. The number of nitrogens with one attached hydrogen (secondary N) is 2. The molecule has 186 valence electrons. The zero-order chi connectivity index (χ0) is 25.0. The SMILES string of the molecule is COc1cc(CNCCNC(=O)c2cc(OC)c(OC)c(OC)c2)ccc1OCc1ccccc1. The Morgan fingerprint density at radius 3 is 2.03 bits per heavy atom. The number of carbonyl (C=O) groups excluding carboxylic acids is 1. The van der Waals surface area contributed by atoms with Gasteiger partial charge in [0.2, 0.25) is 5.75 Å². The average Bonchev–Trinajstić information content (AvgIpc) is 2.91. The highest BCUT2D eigenvalue weighted by molar-refractivity contribution is 5.95. The van der Waals surface area contributed by atoms with Crippen LogP contribution >= 0.6 is 0 Å². The lowest BCUT2D eigenvalue weighted by Crippen LogP contribution is -2.31. The maximum Gasteiger partial charge on any atom is 0.251 e. The Bertz CT molecular complexity index is 1080. The summed E-state index contributed by atoms with van der Waals surface area (Å²) >= 11 is 0. The van der Waals surface area contributed by atoms with E-state index in [9.17, 15) is 4.79 Å². The molecule has 35 heavy (non-hydrogen) atoms. The minimum absolute atomic E-state index is 0.229. The van der Waals surface area contributed by atoms with E-state index in [1.54, 1.807) is 19.2 Å². The Morgan fingerprint density at radius 1 is 0.714 bits per heavy atom. The molecule has 3 aromatic carbocycles. The Hall–Kier alpha value is -3.91. The van der Waals surface area contributed by atoms with Gasteiger partial charge in [0.05, 0.1) is 28.4 Å². The van der Waals surface area contributed by atoms with Gasteiger partial charge in [-0.3, -0.25) is 4.79 Å². The van der Waals surface area contributed by atoms with Crippen molar-refractivity contribution in [1.29, 1.82) is 0 Å². The number of amides is 1. The lowest BCUT2D eigenvalue weighted by molar-refractivity contribution is 0.0953. The van der Waals surface area contributed by atoms with Crippen LogP contribution in [0.5, 0.6) is 28.7 Å². The summed E-state index contributed by atoms with van der Waals surface area (Å²) in [4.78, 5) is 12.6. The molecule has 8 nitrogen and oxygen atoms in total. The molecule has 0 aliphatic carbocycles. The quantitative estimate of drug-likeness (QED) is 0.360. The fourth-order valence-electron chi connectivity index (χ4n) is 3.49. The highest BCUT2D eigenvalue weighted by Gasteiger charge is 2.16. The summed E-state index contributed by atoms with van der Waals surface area (Å²) in [6, 6.07) is 19.1. The number of rotatable bonds is 13.